The van der Waals surface area contributed by atoms with E-state index in [1.54, 1.807) is 0 Å². The van der Waals surface area contributed by atoms with Gasteiger partial charge in [0.25, 0.3) is 10.0 Å². The smallest absolute Gasteiger partial charge is 0.264 e. The van der Waals surface area contributed by atoms with Crippen LogP contribution >= 0.6 is 0 Å². The van der Waals surface area contributed by atoms with Gasteiger partial charge in [-0.1, -0.05) is 24.3 Å². The zero-order chi connectivity index (χ0) is 26.4. The number of nitrogens with one attached hydrogen (secondary N) is 1. The summed E-state index contributed by atoms with van der Waals surface area (Å²) in [6, 6.07) is 18.2. The molecule has 194 valence electrons. The molecule has 1 saturated heterocycles. The third-order valence-electron chi connectivity index (χ3n) is 6.08. The van der Waals surface area contributed by atoms with Gasteiger partial charge in [0.1, 0.15) is 18.1 Å². The minimum Gasteiger partial charge on any atom is -0.497 e. The van der Waals surface area contributed by atoms with Crippen LogP contribution in [0, 0.1) is 5.82 Å². The number of hydrogen-bond donors (Lipinski definition) is 1. The van der Waals surface area contributed by atoms with Gasteiger partial charge in [-0.25, -0.2) is 12.8 Å². The van der Waals surface area contributed by atoms with E-state index in [2.05, 4.69) is 5.32 Å². The van der Waals surface area contributed by atoms with Crippen LogP contribution in [-0.4, -0.2) is 45.3 Å². The molecule has 1 aliphatic rings. The predicted octanol–water partition coefficient (Wildman–Crippen LogP) is 3.47. The topological polar surface area (TPSA) is 96.0 Å². The number of hydrogen-bond acceptors (Lipinski definition) is 5. The summed E-state index contributed by atoms with van der Waals surface area (Å²) in [6.07, 6.45) is 1.43. The van der Waals surface area contributed by atoms with Gasteiger partial charge in [-0.05, 0) is 66.1 Å². The molecule has 3 aromatic rings. The molecule has 3 aromatic carbocycles. The van der Waals surface area contributed by atoms with Crippen molar-refractivity contribution in [2.75, 3.05) is 24.5 Å². The molecule has 4 rings (SSSR count). The first-order valence-electron chi connectivity index (χ1n) is 11.8. The Hall–Kier alpha value is -3.92. The number of amides is 2. The fourth-order valence-corrected chi connectivity index (χ4v) is 5.53. The van der Waals surface area contributed by atoms with Crippen molar-refractivity contribution in [3.05, 3.63) is 89.7 Å². The second kappa shape index (κ2) is 11.4. The monoisotopic (exact) mass is 525 g/mol. The number of carbonyl (C=O) groups excluding carboxylic acids is 2. The zero-order valence-corrected chi connectivity index (χ0v) is 21.2. The maximum absolute atomic E-state index is 13.5. The second-order valence-corrected chi connectivity index (χ2v) is 10.5. The molecular formula is C27H28FN3O5S. The number of carbonyl (C=O) groups is 2. The molecule has 0 radical (unpaired) electrons. The average molecular weight is 526 g/mol. The molecule has 0 aliphatic carbocycles. The molecule has 1 aliphatic heterocycles. The number of sulfonamides is 1. The van der Waals surface area contributed by atoms with E-state index in [1.807, 2.05) is 29.2 Å². The largest absolute Gasteiger partial charge is 0.497 e. The van der Waals surface area contributed by atoms with Crippen molar-refractivity contribution in [2.45, 2.75) is 30.8 Å². The summed E-state index contributed by atoms with van der Waals surface area (Å²) in [5.41, 5.74) is 1.94. The standard InChI is InChI=1S/C27H28FN3O5S/c1-36-24-11-13-25(14-12-24)37(34,35)31(23-9-7-22(28)8-10-23)19-26(32)29-17-20-4-2-5-21(16-20)18-30-15-3-6-27(30)33/h2,4-5,7-14,16H,3,6,15,17-19H2,1H3,(H,29,32). The van der Waals surface area contributed by atoms with Crippen LogP contribution in [0.15, 0.2) is 77.7 Å². The normalized spacial score (nSPS) is 13.5. The molecule has 1 heterocycles. The van der Waals surface area contributed by atoms with Crippen molar-refractivity contribution in [2.24, 2.45) is 0 Å². The van der Waals surface area contributed by atoms with E-state index in [0.29, 0.717) is 18.7 Å². The molecule has 2 amide bonds. The maximum Gasteiger partial charge on any atom is 0.264 e. The lowest BCUT2D eigenvalue weighted by atomic mass is 10.1. The van der Waals surface area contributed by atoms with Crippen molar-refractivity contribution in [1.82, 2.24) is 10.2 Å². The zero-order valence-electron chi connectivity index (χ0n) is 20.4. The molecule has 1 fully saturated rings. The lowest BCUT2D eigenvalue weighted by molar-refractivity contribution is -0.128. The number of ether oxygens (including phenoxy) is 1. The molecule has 37 heavy (non-hydrogen) atoms. The van der Waals surface area contributed by atoms with Gasteiger partial charge in [-0.15, -0.1) is 0 Å². The quantitative estimate of drug-likeness (QED) is 0.437. The highest BCUT2D eigenvalue weighted by atomic mass is 32.2. The van der Waals surface area contributed by atoms with Crippen molar-refractivity contribution >= 4 is 27.5 Å². The summed E-state index contributed by atoms with van der Waals surface area (Å²) in [6.45, 7) is 0.934. The highest BCUT2D eigenvalue weighted by molar-refractivity contribution is 7.92. The Morgan fingerprint density at radius 1 is 1.05 bits per heavy atom. The van der Waals surface area contributed by atoms with Crippen LogP contribution in [0.5, 0.6) is 5.75 Å². The number of likely N-dealkylation sites (tertiary alicyclic amines) is 1. The Morgan fingerprint density at radius 2 is 1.76 bits per heavy atom. The average Bonchev–Trinajstić information content (AvgIpc) is 3.30. The minimum atomic E-state index is -4.14. The van der Waals surface area contributed by atoms with Gasteiger partial charge in [0.2, 0.25) is 11.8 Å². The summed E-state index contributed by atoms with van der Waals surface area (Å²) in [5.74, 6) is -0.425. The van der Waals surface area contributed by atoms with Gasteiger partial charge >= 0.3 is 0 Å². The maximum atomic E-state index is 13.5. The molecule has 0 spiro atoms. The molecule has 10 heteroatoms. The Labute approximate surface area is 215 Å². The molecule has 0 atom stereocenters. The van der Waals surface area contributed by atoms with Crippen LogP contribution in [0.2, 0.25) is 0 Å². The Kier molecular flexibility index (Phi) is 8.08. The van der Waals surface area contributed by atoms with Crippen LogP contribution in [0.25, 0.3) is 0 Å². The van der Waals surface area contributed by atoms with Crippen molar-refractivity contribution in [1.29, 1.82) is 0 Å². The minimum absolute atomic E-state index is 0.0328. The van der Waals surface area contributed by atoms with Crippen LogP contribution in [-0.2, 0) is 32.7 Å². The Bertz CT molecular complexity index is 1360. The first-order chi connectivity index (χ1) is 17.8. The van der Waals surface area contributed by atoms with Gasteiger partial charge in [0, 0.05) is 26.1 Å². The van der Waals surface area contributed by atoms with Crippen LogP contribution in [0.4, 0.5) is 10.1 Å². The summed E-state index contributed by atoms with van der Waals surface area (Å²) < 4.78 is 46.4. The Morgan fingerprint density at radius 3 is 2.41 bits per heavy atom. The number of benzene rings is 3. The van der Waals surface area contributed by atoms with Crippen LogP contribution in [0.1, 0.15) is 24.0 Å². The molecule has 0 saturated carbocycles. The summed E-state index contributed by atoms with van der Waals surface area (Å²) in [4.78, 5) is 26.6. The molecule has 8 nitrogen and oxygen atoms in total. The second-order valence-electron chi connectivity index (χ2n) is 8.68. The first-order valence-corrected chi connectivity index (χ1v) is 13.2. The predicted molar refractivity (Wildman–Crippen MR) is 137 cm³/mol. The first kappa shape index (κ1) is 26.2. The third kappa shape index (κ3) is 6.45. The lowest BCUT2D eigenvalue weighted by Gasteiger charge is -2.24. The van der Waals surface area contributed by atoms with E-state index < -0.39 is 28.3 Å². The van der Waals surface area contributed by atoms with Crippen molar-refractivity contribution in [3.8, 4) is 5.75 Å². The van der Waals surface area contributed by atoms with Gasteiger partial charge in [-0.3, -0.25) is 13.9 Å². The molecule has 1 N–H and O–H groups in total. The van der Waals surface area contributed by atoms with Crippen molar-refractivity contribution < 1.29 is 27.1 Å². The van der Waals surface area contributed by atoms with Crippen molar-refractivity contribution in [3.63, 3.8) is 0 Å². The summed E-state index contributed by atoms with van der Waals surface area (Å²) >= 11 is 0. The van der Waals surface area contributed by atoms with E-state index in [1.165, 1.54) is 43.5 Å². The molecule has 0 aromatic heterocycles. The van der Waals surface area contributed by atoms with Crippen LogP contribution < -0.4 is 14.4 Å². The van der Waals surface area contributed by atoms with Gasteiger partial charge in [-0.2, -0.15) is 0 Å². The fourth-order valence-electron chi connectivity index (χ4n) is 4.11. The van der Waals surface area contributed by atoms with Gasteiger partial charge < -0.3 is 15.0 Å². The lowest BCUT2D eigenvalue weighted by Crippen LogP contribution is -2.40. The third-order valence-corrected chi connectivity index (χ3v) is 7.86. The van der Waals surface area contributed by atoms with E-state index in [9.17, 15) is 22.4 Å². The molecule has 0 unspecified atom stereocenters. The van der Waals surface area contributed by atoms with E-state index in [0.717, 1.165) is 40.5 Å². The SMILES string of the molecule is COc1ccc(S(=O)(=O)N(CC(=O)NCc2cccc(CN3CCCC3=O)c2)c2ccc(F)cc2)cc1. The fraction of sp³-hybridized carbons (Fsp3) is 0.259. The highest BCUT2D eigenvalue weighted by Gasteiger charge is 2.27. The number of nitrogens with zero attached hydrogens (tertiary/aromatic N) is 2. The number of anilines is 1. The van der Waals surface area contributed by atoms with E-state index >= 15 is 0 Å². The number of methoxy groups -OCH3 is 1. The van der Waals surface area contributed by atoms with Crippen LogP contribution in [0.3, 0.4) is 0 Å². The molecule has 0 bridgehead atoms. The van der Waals surface area contributed by atoms with E-state index in [4.69, 9.17) is 4.74 Å². The Balaban J connectivity index is 1.48. The van der Waals surface area contributed by atoms with E-state index in [-0.39, 0.29) is 23.0 Å². The summed E-state index contributed by atoms with van der Waals surface area (Å²) in [5, 5.41) is 2.76. The number of halogens is 1. The highest BCUT2D eigenvalue weighted by Crippen LogP contribution is 2.25. The number of rotatable bonds is 10. The van der Waals surface area contributed by atoms with Gasteiger partial charge in [0.05, 0.1) is 17.7 Å². The summed E-state index contributed by atoms with van der Waals surface area (Å²) in [7, 11) is -2.67. The van der Waals surface area contributed by atoms with Gasteiger partial charge in [0.15, 0.2) is 0 Å². The molecular weight excluding hydrogens is 497 g/mol.